The molecule has 0 radical (unpaired) electrons. The maximum atomic E-state index is 11.5. The van der Waals surface area contributed by atoms with Crippen LogP contribution in [0.4, 0.5) is 0 Å². The van der Waals surface area contributed by atoms with Crippen LogP contribution in [0.3, 0.4) is 0 Å². The molecule has 0 atom stereocenters. The Hall–Kier alpha value is -1.88. The van der Waals surface area contributed by atoms with E-state index in [1.165, 1.54) is 11.3 Å². The highest BCUT2D eigenvalue weighted by molar-refractivity contribution is 7.16. The highest BCUT2D eigenvalue weighted by Crippen LogP contribution is 2.27. The van der Waals surface area contributed by atoms with E-state index in [0.717, 1.165) is 16.0 Å². The first-order chi connectivity index (χ1) is 9.21. The average molecular weight is 276 g/mol. The molecular weight excluding hydrogens is 260 g/mol. The molecule has 0 saturated carbocycles. The van der Waals surface area contributed by atoms with Gasteiger partial charge in [0, 0.05) is 13.0 Å². The number of carbonyl (C=O) groups is 1. The molecule has 1 aromatic carbocycles. The number of allylic oxidation sites excluding steroid dienone is 1. The molecule has 2 aromatic rings. The maximum Gasteiger partial charge on any atom is 0.248 e. The Bertz CT molecular complexity index is 682. The Morgan fingerprint density at radius 1 is 1.58 bits per heavy atom. The van der Waals surface area contributed by atoms with Crippen molar-refractivity contribution in [1.82, 2.24) is 4.57 Å². The lowest BCUT2D eigenvalue weighted by atomic mass is 10.3. The number of methoxy groups -OCH3 is 1. The Morgan fingerprint density at radius 2 is 2.37 bits per heavy atom. The molecule has 0 bridgehead atoms. The van der Waals surface area contributed by atoms with E-state index >= 15 is 0 Å². The molecule has 19 heavy (non-hydrogen) atoms. The molecule has 0 saturated heterocycles. The summed E-state index contributed by atoms with van der Waals surface area (Å²) in [6.07, 6.45) is 2.19. The summed E-state index contributed by atoms with van der Waals surface area (Å²) in [4.78, 5) is 16.4. The number of thiazole rings is 1. The van der Waals surface area contributed by atoms with Crippen molar-refractivity contribution >= 4 is 27.5 Å². The second-order valence-corrected chi connectivity index (χ2v) is 4.96. The van der Waals surface area contributed by atoms with Crippen molar-refractivity contribution in [2.45, 2.75) is 19.9 Å². The van der Waals surface area contributed by atoms with Crippen LogP contribution in [0.25, 0.3) is 10.2 Å². The van der Waals surface area contributed by atoms with Gasteiger partial charge in [0.15, 0.2) is 4.80 Å². The third-order valence-electron chi connectivity index (χ3n) is 2.72. The van der Waals surface area contributed by atoms with Crippen molar-refractivity contribution < 1.29 is 9.53 Å². The number of hydrogen-bond donors (Lipinski definition) is 0. The third-order valence-corrected chi connectivity index (χ3v) is 3.76. The predicted octanol–water partition coefficient (Wildman–Crippen LogP) is 2.73. The van der Waals surface area contributed by atoms with Crippen LogP contribution in [0.15, 0.2) is 35.8 Å². The zero-order chi connectivity index (χ0) is 13.8. The van der Waals surface area contributed by atoms with Crippen LogP contribution in [-0.4, -0.2) is 17.6 Å². The lowest BCUT2D eigenvalue weighted by Crippen LogP contribution is -2.16. The number of fused-ring (bicyclic) bond motifs is 1. The number of benzene rings is 1. The van der Waals surface area contributed by atoms with Gasteiger partial charge in [0.05, 0.1) is 11.8 Å². The maximum absolute atomic E-state index is 11.5. The predicted molar refractivity (Wildman–Crippen MR) is 77.4 cm³/mol. The fourth-order valence-electron chi connectivity index (χ4n) is 1.83. The van der Waals surface area contributed by atoms with E-state index in [1.807, 2.05) is 22.8 Å². The molecule has 0 aliphatic carbocycles. The zero-order valence-corrected chi connectivity index (χ0v) is 11.9. The minimum absolute atomic E-state index is 0.122. The van der Waals surface area contributed by atoms with Crippen LogP contribution in [0.1, 0.15) is 13.3 Å². The van der Waals surface area contributed by atoms with Gasteiger partial charge < -0.3 is 9.30 Å². The van der Waals surface area contributed by atoms with Crippen LogP contribution < -0.4 is 9.54 Å². The topological polar surface area (TPSA) is 43.6 Å². The lowest BCUT2D eigenvalue weighted by molar-refractivity contribution is -0.117. The summed E-state index contributed by atoms with van der Waals surface area (Å²) in [7, 11) is 1.64. The number of carbonyl (C=O) groups excluding carboxylic acids is 1. The fourth-order valence-corrected chi connectivity index (χ4v) is 2.91. The standard InChI is InChI=1S/C14H16N2O2S/c1-4-9-16-13-10(18-3)7-6-8-11(13)19-14(16)15-12(17)5-2/h4,6-8H,1,5,9H2,2-3H3. The summed E-state index contributed by atoms with van der Waals surface area (Å²) in [5.74, 6) is 0.657. The van der Waals surface area contributed by atoms with Gasteiger partial charge in [-0.3, -0.25) is 4.79 Å². The highest BCUT2D eigenvalue weighted by Gasteiger charge is 2.10. The van der Waals surface area contributed by atoms with E-state index in [1.54, 1.807) is 20.1 Å². The highest BCUT2D eigenvalue weighted by atomic mass is 32.1. The van der Waals surface area contributed by atoms with Crippen LogP contribution in [0, 0.1) is 0 Å². The third kappa shape index (κ3) is 2.61. The first kappa shape index (κ1) is 13.5. The van der Waals surface area contributed by atoms with Crippen molar-refractivity contribution in [3.8, 4) is 5.75 Å². The number of rotatable bonds is 4. The van der Waals surface area contributed by atoms with Gasteiger partial charge >= 0.3 is 0 Å². The Morgan fingerprint density at radius 3 is 3.00 bits per heavy atom. The number of ether oxygens (including phenoxy) is 1. The SMILES string of the molecule is C=CCn1c(=NC(=O)CC)sc2cccc(OC)c21. The van der Waals surface area contributed by atoms with E-state index in [-0.39, 0.29) is 5.91 Å². The first-order valence-electron chi connectivity index (χ1n) is 6.06. The van der Waals surface area contributed by atoms with Crippen LogP contribution in [0.2, 0.25) is 0 Å². The Kier molecular flexibility index (Phi) is 4.16. The Balaban J connectivity index is 2.78. The van der Waals surface area contributed by atoms with Gasteiger partial charge in [-0.25, -0.2) is 0 Å². The lowest BCUT2D eigenvalue weighted by Gasteiger charge is -2.05. The quantitative estimate of drug-likeness (QED) is 0.806. The average Bonchev–Trinajstić information content (AvgIpc) is 2.77. The molecule has 4 nitrogen and oxygen atoms in total. The second-order valence-electron chi connectivity index (χ2n) is 3.95. The normalized spacial score (nSPS) is 11.8. The molecule has 5 heteroatoms. The van der Waals surface area contributed by atoms with E-state index in [4.69, 9.17) is 4.74 Å². The number of aromatic nitrogens is 1. The molecule has 2 rings (SSSR count). The second kappa shape index (κ2) is 5.84. The number of nitrogens with zero attached hydrogens (tertiary/aromatic N) is 2. The molecule has 0 aliphatic heterocycles. The molecule has 0 spiro atoms. The molecule has 0 fully saturated rings. The summed E-state index contributed by atoms with van der Waals surface area (Å²) in [6, 6.07) is 5.83. The zero-order valence-electron chi connectivity index (χ0n) is 11.0. The summed E-state index contributed by atoms with van der Waals surface area (Å²) >= 11 is 1.48. The molecule has 0 aliphatic rings. The molecule has 1 amide bonds. The van der Waals surface area contributed by atoms with Crippen LogP contribution in [-0.2, 0) is 11.3 Å². The van der Waals surface area contributed by atoms with Crippen molar-refractivity contribution in [2.75, 3.05) is 7.11 Å². The molecule has 0 unspecified atom stereocenters. The van der Waals surface area contributed by atoms with E-state index < -0.39 is 0 Å². The number of hydrogen-bond acceptors (Lipinski definition) is 3. The molecular formula is C14H16N2O2S. The largest absolute Gasteiger partial charge is 0.495 e. The summed E-state index contributed by atoms with van der Waals surface area (Å²) < 4.78 is 8.39. The van der Waals surface area contributed by atoms with Gasteiger partial charge in [0.25, 0.3) is 0 Å². The van der Waals surface area contributed by atoms with Gasteiger partial charge in [-0.15, -0.1) is 6.58 Å². The van der Waals surface area contributed by atoms with Gasteiger partial charge in [-0.2, -0.15) is 4.99 Å². The monoisotopic (exact) mass is 276 g/mol. The molecule has 100 valence electrons. The molecule has 0 N–H and O–H groups in total. The summed E-state index contributed by atoms with van der Waals surface area (Å²) in [6.45, 7) is 6.15. The summed E-state index contributed by atoms with van der Waals surface area (Å²) in [5, 5.41) is 0. The van der Waals surface area contributed by atoms with Gasteiger partial charge in [0.2, 0.25) is 5.91 Å². The molecule has 1 aromatic heterocycles. The fraction of sp³-hybridized carbons (Fsp3) is 0.286. The van der Waals surface area contributed by atoms with Gasteiger partial charge in [0.1, 0.15) is 11.3 Å². The smallest absolute Gasteiger partial charge is 0.248 e. The van der Waals surface area contributed by atoms with Crippen LogP contribution in [0.5, 0.6) is 5.75 Å². The van der Waals surface area contributed by atoms with E-state index in [2.05, 4.69) is 11.6 Å². The van der Waals surface area contributed by atoms with E-state index in [9.17, 15) is 4.79 Å². The van der Waals surface area contributed by atoms with Gasteiger partial charge in [-0.05, 0) is 12.1 Å². The van der Waals surface area contributed by atoms with Crippen LogP contribution >= 0.6 is 11.3 Å². The van der Waals surface area contributed by atoms with Gasteiger partial charge in [-0.1, -0.05) is 30.4 Å². The Labute approximate surface area is 115 Å². The number of para-hydroxylation sites is 1. The van der Waals surface area contributed by atoms with Crippen molar-refractivity contribution in [3.05, 3.63) is 35.7 Å². The first-order valence-corrected chi connectivity index (χ1v) is 6.87. The number of amides is 1. The van der Waals surface area contributed by atoms with E-state index in [0.29, 0.717) is 17.8 Å². The van der Waals surface area contributed by atoms with Crippen molar-refractivity contribution in [1.29, 1.82) is 0 Å². The minimum atomic E-state index is -0.122. The molecule has 1 heterocycles. The van der Waals surface area contributed by atoms with Crippen molar-refractivity contribution in [2.24, 2.45) is 4.99 Å². The van der Waals surface area contributed by atoms with Crippen molar-refractivity contribution in [3.63, 3.8) is 0 Å². The summed E-state index contributed by atoms with van der Waals surface area (Å²) in [5.41, 5.74) is 0.956. The minimum Gasteiger partial charge on any atom is -0.495 e.